The molecule has 1 aromatic rings. The van der Waals surface area contributed by atoms with Crippen molar-refractivity contribution in [3.05, 3.63) is 29.8 Å². The van der Waals surface area contributed by atoms with E-state index in [1.165, 1.54) is 23.9 Å². The average molecular weight is 345 g/mol. The number of rotatable bonds is 9. The first-order valence-electron chi connectivity index (χ1n) is 6.53. The lowest BCUT2D eigenvalue weighted by molar-refractivity contribution is -0.120. The van der Waals surface area contributed by atoms with Gasteiger partial charge in [0, 0.05) is 18.7 Å². The maximum Gasteiger partial charge on any atom is 0.238 e. The fourth-order valence-electron chi connectivity index (χ4n) is 1.62. The van der Waals surface area contributed by atoms with Crippen molar-refractivity contribution in [2.45, 2.75) is 17.7 Å². The minimum Gasteiger partial charge on any atom is -0.369 e. The summed E-state index contributed by atoms with van der Waals surface area (Å²) in [5.41, 5.74) is 5.88. The monoisotopic (exact) mass is 345 g/mol. The third-order valence-corrected chi connectivity index (χ3v) is 4.62. The van der Waals surface area contributed by atoms with Gasteiger partial charge in [-0.2, -0.15) is 11.8 Å². The molecule has 1 aromatic carbocycles. The summed E-state index contributed by atoms with van der Waals surface area (Å²) in [4.78, 5) is 22.1. The van der Waals surface area contributed by atoms with Gasteiger partial charge in [0.2, 0.25) is 21.8 Å². The van der Waals surface area contributed by atoms with Crippen LogP contribution in [0.1, 0.15) is 12.0 Å². The van der Waals surface area contributed by atoms with Crippen molar-refractivity contribution in [1.29, 1.82) is 0 Å². The first kappa shape index (κ1) is 18.5. The molecular formula is C13H19N3O4S2. The number of hydrogen-bond donors (Lipinski definition) is 3. The molecule has 0 aliphatic rings. The molecule has 0 radical (unpaired) electrons. The minimum absolute atomic E-state index is 0.0618. The average Bonchev–Trinajstić information content (AvgIpc) is 2.43. The number of nitrogens with one attached hydrogen (secondary N) is 1. The topological polar surface area (TPSA) is 132 Å². The van der Waals surface area contributed by atoms with E-state index in [4.69, 9.17) is 10.9 Å². The van der Waals surface area contributed by atoms with Crippen molar-refractivity contribution in [3.63, 3.8) is 0 Å². The molecule has 0 aromatic heterocycles. The predicted octanol–water partition coefficient (Wildman–Crippen LogP) is -0.399. The predicted molar refractivity (Wildman–Crippen MR) is 85.7 cm³/mol. The third-order valence-electron chi connectivity index (χ3n) is 2.71. The Balaban J connectivity index is 2.26. The molecule has 2 amide bonds. The highest BCUT2D eigenvalue weighted by Gasteiger charge is 2.07. The van der Waals surface area contributed by atoms with Crippen LogP contribution >= 0.6 is 11.8 Å². The lowest BCUT2D eigenvalue weighted by Crippen LogP contribution is -2.26. The number of amides is 2. The molecular weight excluding hydrogens is 326 g/mol. The van der Waals surface area contributed by atoms with E-state index in [0.29, 0.717) is 25.1 Å². The SMILES string of the molecule is NC(=O)CSCCC(=O)NCCc1ccc(S(N)(=O)=O)cc1. The fourth-order valence-corrected chi connectivity index (χ4v) is 2.81. The van der Waals surface area contributed by atoms with Gasteiger partial charge in [-0.15, -0.1) is 0 Å². The first-order valence-corrected chi connectivity index (χ1v) is 9.23. The molecule has 22 heavy (non-hydrogen) atoms. The smallest absolute Gasteiger partial charge is 0.238 e. The molecule has 0 atom stereocenters. The highest BCUT2D eigenvalue weighted by molar-refractivity contribution is 7.99. The second-order valence-corrected chi connectivity index (χ2v) is 7.22. The standard InChI is InChI=1S/C13H19N3O4S2/c14-12(17)9-21-8-6-13(18)16-7-5-10-1-3-11(4-2-10)22(15,19)20/h1-4H,5-9H2,(H2,14,17)(H,16,18)(H2,15,19,20). The van der Waals surface area contributed by atoms with Crippen LogP contribution in [0.25, 0.3) is 0 Å². The van der Waals surface area contributed by atoms with Crippen molar-refractivity contribution in [2.75, 3.05) is 18.1 Å². The lowest BCUT2D eigenvalue weighted by atomic mass is 10.1. The zero-order chi connectivity index (χ0) is 16.6. The molecule has 5 N–H and O–H groups in total. The van der Waals surface area contributed by atoms with E-state index in [1.54, 1.807) is 12.1 Å². The van der Waals surface area contributed by atoms with Gasteiger partial charge in [-0.1, -0.05) is 12.1 Å². The van der Waals surface area contributed by atoms with E-state index in [-0.39, 0.29) is 16.6 Å². The quantitative estimate of drug-likeness (QED) is 0.524. The Morgan fingerprint density at radius 1 is 1.18 bits per heavy atom. The Morgan fingerprint density at radius 3 is 2.36 bits per heavy atom. The summed E-state index contributed by atoms with van der Waals surface area (Å²) in [5.74, 6) is 0.257. The van der Waals surface area contributed by atoms with Gasteiger partial charge < -0.3 is 11.1 Å². The second-order valence-electron chi connectivity index (χ2n) is 4.56. The van der Waals surface area contributed by atoms with Crippen LogP contribution in [-0.2, 0) is 26.0 Å². The van der Waals surface area contributed by atoms with Crippen molar-refractivity contribution in [2.24, 2.45) is 10.9 Å². The number of benzene rings is 1. The maximum atomic E-state index is 11.5. The molecule has 0 fully saturated rings. The summed E-state index contributed by atoms with van der Waals surface area (Å²) in [6, 6.07) is 6.20. The zero-order valence-electron chi connectivity index (χ0n) is 11.9. The molecule has 0 aliphatic carbocycles. The Morgan fingerprint density at radius 2 is 1.82 bits per heavy atom. The number of sulfonamides is 1. The number of nitrogens with two attached hydrogens (primary N) is 2. The first-order chi connectivity index (χ1) is 10.3. The summed E-state index contributed by atoms with van der Waals surface area (Å²) >= 11 is 1.32. The van der Waals surface area contributed by atoms with Gasteiger partial charge in [0.25, 0.3) is 0 Å². The Kier molecular flexibility index (Phi) is 7.36. The number of carbonyl (C=O) groups is 2. The minimum atomic E-state index is -3.68. The van der Waals surface area contributed by atoms with Crippen LogP contribution < -0.4 is 16.2 Å². The molecule has 9 heteroatoms. The van der Waals surface area contributed by atoms with E-state index in [9.17, 15) is 18.0 Å². The Bertz CT molecular complexity index is 615. The molecule has 0 saturated heterocycles. The number of primary amides is 1. The van der Waals surface area contributed by atoms with Gasteiger partial charge in [-0.3, -0.25) is 9.59 Å². The van der Waals surface area contributed by atoms with Crippen LogP contribution in [0.4, 0.5) is 0 Å². The molecule has 0 spiro atoms. The normalized spacial score (nSPS) is 11.1. The fraction of sp³-hybridized carbons (Fsp3) is 0.385. The Hall–Kier alpha value is -1.58. The van der Waals surface area contributed by atoms with Gasteiger partial charge in [0.1, 0.15) is 0 Å². The second kappa shape index (κ2) is 8.76. The molecule has 0 aliphatic heterocycles. The van der Waals surface area contributed by atoms with E-state index < -0.39 is 15.9 Å². The third kappa shape index (κ3) is 7.43. The van der Waals surface area contributed by atoms with Crippen molar-refractivity contribution < 1.29 is 18.0 Å². The number of thioether (sulfide) groups is 1. The zero-order valence-corrected chi connectivity index (χ0v) is 13.6. The highest BCUT2D eigenvalue weighted by atomic mass is 32.2. The number of carbonyl (C=O) groups excluding carboxylic acids is 2. The number of primary sulfonamides is 1. The largest absolute Gasteiger partial charge is 0.369 e. The van der Waals surface area contributed by atoms with E-state index in [2.05, 4.69) is 5.32 Å². The molecule has 7 nitrogen and oxygen atoms in total. The van der Waals surface area contributed by atoms with Gasteiger partial charge in [0.15, 0.2) is 0 Å². The van der Waals surface area contributed by atoms with Crippen molar-refractivity contribution in [1.82, 2.24) is 5.32 Å². The van der Waals surface area contributed by atoms with Crippen molar-refractivity contribution in [3.8, 4) is 0 Å². The van der Waals surface area contributed by atoms with Crippen LogP contribution in [0.3, 0.4) is 0 Å². The van der Waals surface area contributed by atoms with Crippen LogP contribution in [0.5, 0.6) is 0 Å². The maximum absolute atomic E-state index is 11.5. The van der Waals surface area contributed by atoms with Crippen LogP contribution in [0, 0.1) is 0 Å². The summed E-state index contributed by atoms with van der Waals surface area (Å²) in [5, 5.41) is 7.76. The molecule has 0 bridgehead atoms. The summed E-state index contributed by atoms with van der Waals surface area (Å²) < 4.78 is 22.2. The van der Waals surface area contributed by atoms with Crippen LogP contribution in [0.2, 0.25) is 0 Å². The molecule has 0 heterocycles. The van der Waals surface area contributed by atoms with Gasteiger partial charge in [-0.25, -0.2) is 13.6 Å². The van der Waals surface area contributed by atoms with E-state index in [0.717, 1.165) is 5.56 Å². The summed E-state index contributed by atoms with van der Waals surface area (Å²) in [6.45, 7) is 0.452. The number of hydrogen-bond acceptors (Lipinski definition) is 5. The van der Waals surface area contributed by atoms with E-state index >= 15 is 0 Å². The molecule has 0 saturated carbocycles. The van der Waals surface area contributed by atoms with Gasteiger partial charge >= 0.3 is 0 Å². The summed E-state index contributed by atoms with van der Waals surface area (Å²) in [6.07, 6.45) is 0.910. The summed E-state index contributed by atoms with van der Waals surface area (Å²) in [7, 11) is -3.68. The Labute approximate surface area is 133 Å². The van der Waals surface area contributed by atoms with Crippen LogP contribution in [0.15, 0.2) is 29.2 Å². The van der Waals surface area contributed by atoms with E-state index in [1.807, 2.05) is 0 Å². The highest BCUT2D eigenvalue weighted by Crippen LogP contribution is 2.09. The van der Waals surface area contributed by atoms with Crippen molar-refractivity contribution >= 4 is 33.6 Å². The molecule has 0 unspecified atom stereocenters. The van der Waals surface area contributed by atoms with Gasteiger partial charge in [0.05, 0.1) is 10.6 Å². The van der Waals surface area contributed by atoms with Gasteiger partial charge in [-0.05, 0) is 24.1 Å². The lowest BCUT2D eigenvalue weighted by Gasteiger charge is -2.06. The molecule has 1 rings (SSSR count). The molecule has 122 valence electrons. The van der Waals surface area contributed by atoms with Crippen LogP contribution in [-0.4, -0.2) is 38.3 Å².